The molecule has 2 aromatic rings. The van der Waals surface area contributed by atoms with Crippen LogP contribution >= 0.6 is 22.9 Å². The van der Waals surface area contributed by atoms with Gasteiger partial charge in [-0.25, -0.2) is 9.37 Å². The van der Waals surface area contributed by atoms with Gasteiger partial charge in [-0.15, -0.1) is 11.3 Å². The van der Waals surface area contributed by atoms with Gasteiger partial charge in [0.05, 0.1) is 23.0 Å². The molecule has 4 nitrogen and oxygen atoms in total. The molecule has 1 N–H and O–H groups in total. The zero-order valence-corrected chi connectivity index (χ0v) is 9.56. The van der Waals surface area contributed by atoms with Crippen LogP contribution in [0, 0.1) is 0 Å². The van der Waals surface area contributed by atoms with Crippen molar-refractivity contribution in [2.75, 3.05) is 0 Å². The Morgan fingerprint density at radius 2 is 2.50 bits per heavy atom. The minimum atomic E-state index is -2.02. The first-order valence-electron chi connectivity index (χ1n) is 4.42. The van der Waals surface area contributed by atoms with Crippen molar-refractivity contribution >= 4 is 39.1 Å². The Bertz CT molecular complexity index is 483. The zero-order chi connectivity index (χ0) is 11.5. The maximum atomic E-state index is 12.3. The number of fused-ring (bicyclic) bond motifs is 1. The van der Waals surface area contributed by atoms with Crippen molar-refractivity contribution < 1.29 is 9.18 Å². The van der Waals surface area contributed by atoms with E-state index in [1.807, 2.05) is 6.07 Å². The molecule has 0 saturated heterocycles. The summed E-state index contributed by atoms with van der Waals surface area (Å²) in [6.45, 7) is 0.172. The molecule has 16 heavy (non-hydrogen) atoms. The Hall–Kier alpha value is -1.27. The Balaban J connectivity index is 2.07. The van der Waals surface area contributed by atoms with E-state index in [9.17, 15) is 9.18 Å². The van der Waals surface area contributed by atoms with E-state index in [4.69, 9.17) is 11.6 Å². The van der Waals surface area contributed by atoms with Crippen molar-refractivity contribution in [2.24, 2.45) is 0 Å². The van der Waals surface area contributed by atoms with Gasteiger partial charge in [0.1, 0.15) is 5.01 Å². The summed E-state index contributed by atoms with van der Waals surface area (Å²) in [4.78, 5) is 19.0. The van der Waals surface area contributed by atoms with E-state index in [0.29, 0.717) is 5.01 Å². The molecule has 7 heteroatoms. The molecule has 0 aliphatic carbocycles. The molecule has 0 bridgehead atoms. The highest BCUT2D eigenvalue weighted by Crippen LogP contribution is 2.20. The van der Waals surface area contributed by atoms with Crippen LogP contribution in [0.25, 0.3) is 10.2 Å². The molecule has 0 fully saturated rings. The smallest absolute Gasteiger partial charge is 0.270 e. The fourth-order valence-electron chi connectivity index (χ4n) is 1.14. The lowest BCUT2D eigenvalue weighted by Gasteiger charge is -2.00. The fraction of sp³-hybridized carbons (Fsp3) is 0.222. The third kappa shape index (κ3) is 2.45. The van der Waals surface area contributed by atoms with Crippen molar-refractivity contribution in [2.45, 2.75) is 12.2 Å². The number of carbonyl (C=O) groups excluding carboxylic acids is 1. The molecule has 0 aromatic carbocycles. The SMILES string of the molecule is O=C(NCc1nc2cnccc2s1)C(F)Cl. The molecular formula is C9H7ClFN3OS. The molecule has 0 radical (unpaired) electrons. The molecule has 84 valence electrons. The molecule has 1 amide bonds. The van der Waals surface area contributed by atoms with Crippen LogP contribution in [0.2, 0.25) is 0 Å². The van der Waals surface area contributed by atoms with E-state index in [1.165, 1.54) is 11.3 Å². The minimum absolute atomic E-state index is 0.172. The number of carbonyl (C=O) groups is 1. The molecule has 2 heterocycles. The number of thiazole rings is 1. The highest BCUT2D eigenvalue weighted by atomic mass is 35.5. The number of aromatic nitrogens is 2. The van der Waals surface area contributed by atoms with Crippen molar-refractivity contribution in [3.05, 3.63) is 23.5 Å². The lowest BCUT2D eigenvalue weighted by Crippen LogP contribution is -2.28. The summed E-state index contributed by atoms with van der Waals surface area (Å²) in [5, 5.41) is 3.03. The second kappa shape index (κ2) is 4.71. The van der Waals surface area contributed by atoms with Gasteiger partial charge in [-0.05, 0) is 6.07 Å². The summed E-state index contributed by atoms with van der Waals surface area (Å²) in [6, 6.07) is 1.83. The maximum Gasteiger partial charge on any atom is 0.270 e. The van der Waals surface area contributed by atoms with Crippen LogP contribution < -0.4 is 5.32 Å². The number of rotatable bonds is 3. The predicted octanol–water partition coefficient (Wildman–Crippen LogP) is 1.84. The molecule has 0 aliphatic heterocycles. The third-order valence-electron chi connectivity index (χ3n) is 1.85. The quantitative estimate of drug-likeness (QED) is 0.856. The van der Waals surface area contributed by atoms with E-state index in [0.717, 1.165) is 10.2 Å². The summed E-state index contributed by atoms with van der Waals surface area (Å²) in [5.74, 6) is -0.848. The van der Waals surface area contributed by atoms with Crippen LogP contribution in [0.4, 0.5) is 4.39 Å². The first-order valence-corrected chi connectivity index (χ1v) is 5.67. The van der Waals surface area contributed by atoms with E-state index in [1.54, 1.807) is 12.4 Å². The second-order valence-electron chi connectivity index (χ2n) is 2.97. The van der Waals surface area contributed by atoms with Gasteiger partial charge in [-0.2, -0.15) is 0 Å². The first-order chi connectivity index (χ1) is 7.66. The number of hydrogen-bond acceptors (Lipinski definition) is 4. The summed E-state index contributed by atoms with van der Waals surface area (Å²) in [7, 11) is 0. The highest BCUT2D eigenvalue weighted by molar-refractivity contribution is 7.18. The Morgan fingerprint density at radius 1 is 1.69 bits per heavy atom. The number of hydrogen-bond donors (Lipinski definition) is 1. The zero-order valence-electron chi connectivity index (χ0n) is 7.98. The van der Waals surface area contributed by atoms with E-state index in [-0.39, 0.29) is 6.54 Å². The molecule has 0 spiro atoms. The molecular weight excluding hydrogens is 253 g/mol. The predicted molar refractivity (Wildman–Crippen MR) is 60.0 cm³/mol. The van der Waals surface area contributed by atoms with Crippen LogP contribution in [0.15, 0.2) is 18.5 Å². The fourth-order valence-corrected chi connectivity index (χ4v) is 2.09. The topological polar surface area (TPSA) is 54.9 Å². The van der Waals surface area contributed by atoms with E-state index in [2.05, 4.69) is 15.3 Å². The lowest BCUT2D eigenvalue weighted by molar-refractivity contribution is -0.123. The van der Waals surface area contributed by atoms with Gasteiger partial charge in [0.2, 0.25) is 0 Å². The number of alkyl halides is 2. The van der Waals surface area contributed by atoms with Gasteiger partial charge >= 0.3 is 0 Å². The molecule has 0 saturated carbocycles. The van der Waals surface area contributed by atoms with Gasteiger partial charge < -0.3 is 5.32 Å². The Kier molecular flexibility index (Phi) is 3.31. The molecule has 2 aromatic heterocycles. The van der Waals surface area contributed by atoms with Gasteiger partial charge in [0.25, 0.3) is 11.5 Å². The van der Waals surface area contributed by atoms with Crippen LogP contribution in [0.3, 0.4) is 0 Å². The van der Waals surface area contributed by atoms with Crippen LogP contribution in [0.5, 0.6) is 0 Å². The van der Waals surface area contributed by atoms with Crippen LogP contribution in [0.1, 0.15) is 5.01 Å². The average molecular weight is 260 g/mol. The van der Waals surface area contributed by atoms with Crippen molar-refractivity contribution in [1.29, 1.82) is 0 Å². The lowest BCUT2D eigenvalue weighted by atomic mass is 10.4. The number of amides is 1. The summed E-state index contributed by atoms with van der Waals surface area (Å²) in [6.07, 6.45) is 3.30. The van der Waals surface area contributed by atoms with Gasteiger partial charge in [-0.3, -0.25) is 9.78 Å². The largest absolute Gasteiger partial charge is 0.346 e. The van der Waals surface area contributed by atoms with Crippen LogP contribution in [-0.2, 0) is 11.3 Å². The minimum Gasteiger partial charge on any atom is -0.346 e. The molecule has 1 unspecified atom stereocenters. The number of nitrogens with one attached hydrogen (secondary N) is 1. The maximum absolute atomic E-state index is 12.3. The van der Waals surface area contributed by atoms with E-state index >= 15 is 0 Å². The van der Waals surface area contributed by atoms with Gasteiger partial charge in [-0.1, -0.05) is 11.6 Å². The van der Waals surface area contributed by atoms with Crippen molar-refractivity contribution in [3.8, 4) is 0 Å². The Morgan fingerprint density at radius 3 is 3.19 bits per heavy atom. The first kappa shape index (κ1) is 11.2. The average Bonchev–Trinajstić information content (AvgIpc) is 2.68. The normalized spacial score (nSPS) is 12.6. The summed E-state index contributed by atoms with van der Waals surface area (Å²) in [5.41, 5.74) is -1.25. The molecule has 2 rings (SSSR count). The standard InChI is InChI=1S/C9H7ClFN3OS/c10-8(11)9(15)13-4-7-14-5-3-12-2-1-6(5)16-7/h1-3,8H,4H2,(H,13,15). The van der Waals surface area contributed by atoms with Crippen molar-refractivity contribution in [1.82, 2.24) is 15.3 Å². The number of halogens is 2. The van der Waals surface area contributed by atoms with Crippen molar-refractivity contribution in [3.63, 3.8) is 0 Å². The van der Waals surface area contributed by atoms with Gasteiger partial charge in [0.15, 0.2) is 0 Å². The second-order valence-corrected chi connectivity index (χ2v) is 4.47. The number of nitrogens with zero attached hydrogens (tertiary/aromatic N) is 2. The van der Waals surface area contributed by atoms with Crippen LogP contribution in [-0.4, -0.2) is 21.5 Å². The van der Waals surface area contributed by atoms with E-state index < -0.39 is 11.5 Å². The monoisotopic (exact) mass is 259 g/mol. The number of pyridine rings is 1. The highest BCUT2D eigenvalue weighted by Gasteiger charge is 2.13. The van der Waals surface area contributed by atoms with Gasteiger partial charge in [0, 0.05) is 6.20 Å². The molecule has 0 aliphatic rings. The summed E-state index contributed by atoms with van der Waals surface area (Å²) >= 11 is 6.39. The Labute approximate surface area is 99.5 Å². The molecule has 1 atom stereocenters. The third-order valence-corrected chi connectivity index (χ3v) is 3.08. The summed E-state index contributed by atoms with van der Waals surface area (Å²) < 4.78 is 13.3.